The third-order valence-corrected chi connectivity index (χ3v) is 7.11. The molecule has 0 radical (unpaired) electrons. The first-order valence-corrected chi connectivity index (χ1v) is 12.3. The number of aromatic nitrogens is 7. The Morgan fingerprint density at radius 2 is 1.66 bits per heavy atom. The third kappa shape index (κ3) is 3.85. The lowest BCUT2D eigenvalue weighted by molar-refractivity contribution is 0.255. The number of nitrogens with two attached hydrogens (primary N) is 1. The SMILES string of the molecule is CN1CCC(c2cnc(-c3c(-c4nn(C(C)(C)C)c5ncnc(N)c45)noc3C3CC3)nc2)CC1. The van der Waals surface area contributed by atoms with E-state index in [1.54, 1.807) is 0 Å². The van der Waals surface area contributed by atoms with Gasteiger partial charge < -0.3 is 15.2 Å². The molecule has 4 aromatic heterocycles. The number of nitrogens with zero attached hydrogens (tertiary/aromatic N) is 8. The van der Waals surface area contributed by atoms with Gasteiger partial charge in [0.15, 0.2) is 17.2 Å². The third-order valence-electron chi connectivity index (χ3n) is 7.11. The molecule has 2 N–H and O–H groups in total. The maximum Gasteiger partial charge on any atom is 0.165 e. The van der Waals surface area contributed by atoms with Gasteiger partial charge in [-0.05, 0) is 78.1 Å². The molecule has 0 aromatic carbocycles. The minimum Gasteiger partial charge on any atom is -0.383 e. The molecule has 10 heteroatoms. The van der Waals surface area contributed by atoms with E-state index in [2.05, 4.69) is 47.8 Å². The molecule has 4 aromatic rings. The first kappa shape index (κ1) is 22.1. The molecule has 2 fully saturated rings. The number of anilines is 1. The van der Waals surface area contributed by atoms with E-state index in [4.69, 9.17) is 25.3 Å². The molecule has 0 amide bonds. The smallest absolute Gasteiger partial charge is 0.165 e. The lowest BCUT2D eigenvalue weighted by atomic mass is 9.91. The zero-order valence-electron chi connectivity index (χ0n) is 20.7. The van der Waals surface area contributed by atoms with Gasteiger partial charge >= 0.3 is 0 Å². The molecule has 1 aliphatic carbocycles. The minimum absolute atomic E-state index is 0.313. The molecule has 1 saturated heterocycles. The number of hydrogen-bond donors (Lipinski definition) is 1. The van der Waals surface area contributed by atoms with Crippen molar-refractivity contribution in [3.05, 3.63) is 30.0 Å². The summed E-state index contributed by atoms with van der Waals surface area (Å²) in [5.74, 6) is 2.61. The summed E-state index contributed by atoms with van der Waals surface area (Å²) in [6.07, 6.45) is 9.79. The molecule has 182 valence electrons. The average Bonchev–Trinajstić information content (AvgIpc) is 3.45. The van der Waals surface area contributed by atoms with Crippen molar-refractivity contribution in [3.8, 4) is 22.8 Å². The fourth-order valence-electron chi connectivity index (χ4n) is 4.93. The topological polar surface area (TPSA) is 125 Å². The van der Waals surface area contributed by atoms with Crippen LogP contribution >= 0.6 is 0 Å². The summed E-state index contributed by atoms with van der Waals surface area (Å²) in [6.45, 7) is 8.42. The van der Waals surface area contributed by atoms with Crippen molar-refractivity contribution in [2.75, 3.05) is 25.9 Å². The highest BCUT2D eigenvalue weighted by molar-refractivity contribution is 6.00. The van der Waals surface area contributed by atoms with Crippen molar-refractivity contribution >= 4 is 16.9 Å². The normalized spacial score (nSPS) is 17.9. The second kappa shape index (κ2) is 8.08. The Labute approximate surface area is 204 Å². The van der Waals surface area contributed by atoms with Gasteiger partial charge in [0.25, 0.3) is 0 Å². The quantitative estimate of drug-likeness (QED) is 0.469. The Bertz CT molecular complexity index is 1370. The summed E-state index contributed by atoms with van der Waals surface area (Å²) in [5.41, 5.74) is 9.86. The second-order valence-electron chi connectivity index (χ2n) is 10.9. The van der Waals surface area contributed by atoms with Crippen LogP contribution in [0.1, 0.15) is 69.6 Å². The highest BCUT2D eigenvalue weighted by atomic mass is 16.5. The number of piperidine rings is 1. The van der Waals surface area contributed by atoms with Crippen LogP contribution in [0.5, 0.6) is 0 Å². The summed E-state index contributed by atoms with van der Waals surface area (Å²) < 4.78 is 7.77. The number of hydrogen-bond acceptors (Lipinski definition) is 9. The van der Waals surface area contributed by atoms with Crippen LogP contribution in [0.25, 0.3) is 33.8 Å². The van der Waals surface area contributed by atoms with Gasteiger partial charge in [-0.2, -0.15) is 5.10 Å². The summed E-state index contributed by atoms with van der Waals surface area (Å²) in [4.78, 5) is 20.7. The maximum absolute atomic E-state index is 6.33. The van der Waals surface area contributed by atoms with Gasteiger partial charge in [-0.3, -0.25) is 0 Å². The number of nitrogen functional groups attached to an aromatic ring is 1. The van der Waals surface area contributed by atoms with Crippen molar-refractivity contribution in [1.82, 2.24) is 39.8 Å². The summed E-state index contributed by atoms with van der Waals surface area (Å²) >= 11 is 0. The van der Waals surface area contributed by atoms with Gasteiger partial charge in [0.1, 0.15) is 23.5 Å². The van der Waals surface area contributed by atoms with E-state index < -0.39 is 0 Å². The van der Waals surface area contributed by atoms with E-state index in [9.17, 15) is 0 Å². The molecule has 10 nitrogen and oxygen atoms in total. The highest BCUT2D eigenvalue weighted by Crippen LogP contribution is 2.48. The molecule has 0 atom stereocenters. The van der Waals surface area contributed by atoms with Crippen molar-refractivity contribution in [2.45, 2.75) is 63.8 Å². The van der Waals surface area contributed by atoms with Crippen LogP contribution < -0.4 is 5.73 Å². The van der Waals surface area contributed by atoms with Crippen LogP contribution in [-0.4, -0.2) is 59.9 Å². The molecular formula is C25H31N9O. The van der Waals surface area contributed by atoms with Gasteiger partial charge in [-0.1, -0.05) is 5.16 Å². The van der Waals surface area contributed by atoms with Crippen LogP contribution in [0.15, 0.2) is 23.2 Å². The van der Waals surface area contributed by atoms with Crippen LogP contribution in [0, 0.1) is 0 Å². The predicted molar refractivity (Wildman–Crippen MR) is 133 cm³/mol. The predicted octanol–water partition coefficient (Wildman–Crippen LogP) is 3.96. The molecule has 35 heavy (non-hydrogen) atoms. The van der Waals surface area contributed by atoms with Crippen molar-refractivity contribution in [1.29, 1.82) is 0 Å². The lowest BCUT2D eigenvalue weighted by Gasteiger charge is -2.28. The Balaban J connectivity index is 1.48. The van der Waals surface area contributed by atoms with Gasteiger partial charge in [0, 0.05) is 18.3 Å². The molecule has 1 aliphatic heterocycles. The highest BCUT2D eigenvalue weighted by Gasteiger charge is 2.36. The first-order chi connectivity index (χ1) is 16.8. The fraction of sp³-hybridized carbons (Fsp3) is 0.520. The largest absolute Gasteiger partial charge is 0.383 e. The molecule has 2 aliphatic rings. The van der Waals surface area contributed by atoms with Crippen LogP contribution in [0.2, 0.25) is 0 Å². The van der Waals surface area contributed by atoms with E-state index in [0.29, 0.717) is 45.9 Å². The fourth-order valence-corrected chi connectivity index (χ4v) is 4.93. The zero-order chi connectivity index (χ0) is 24.3. The molecule has 0 unspecified atom stereocenters. The molecule has 6 rings (SSSR count). The molecular weight excluding hydrogens is 442 g/mol. The van der Waals surface area contributed by atoms with Gasteiger partial charge in [0.2, 0.25) is 0 Å². The number of likely N-dealkylation sites (tertiary alicyclic amines) is 1. The number of fused-ring (bicyclic) bond motifs is 1. The van der Waals surface area contributed by atoms with Crippen molar-refractivity contribution < 1.29 is 4.52 Å². The average molecular weight is 474 g/mol. The van der Waals surface area contributed by atoms with E-state index >= 15 is 0 Å². The maximum atomic E-state index is 6.33. The Hall–Kier alpha value is -3.40. The molecule has 1 saturated carbocycles. The summed E-state index contributed by atoms with van der Waals surface area (Å²) in [5, 5.41) is 10.1. The van der Waals surface area contributed by atoms with E-state index in [1.807, 2.05) is 17.1 Å². The molecule has 5 heterocycles. The van der Waals surface area contributed by atoms with Crippen LogP contribution in [-0.2, 0) is 5.54 Å². The van der Waals surface area contributed by atoms with E-state index in [-0.39, 0.29) is 5.54 Å². The van der Waals surface area contributed by atoms with E-state index in [0.717, 1.165) is 50.1 Å². The minimum atomic E-state index is -0.313. The van der Waals surface area contributed by atoms with Gasteiger partial charge in [-0.25, -0.2) is 24.6 Å². The standard InChI is InChI=1S/C25H31N9O/c1-25(2,3)34-24-18(22(26)29-13-30-24)19(31-34)20-17(21(35-32-20)15-5-6-15)23-27-11-16(12-28-23)14-7-9-33(4)10-8-14/h11-15H,5-10H2,1-4H3,(H2,26,29,30). The lowest BCUT2D eigenvalue weighted by Crippen LogP contribution is -2.29. The van der Waals surface area contributed by atoms with Crippen LogP contribution in [0.4, 0.5) is 5.82 Å². The summed E-state index contributed by atoms with van der Waals surface area (Å²) in [6, 6.07) is 0. The number of rotatable bonds is 4. The van der Waals surface area contributed by atoms with Crippen LogP contribution in [0.3, 0.4) is 0 Å². The zero-order valence-corrected chi connectivity index (χ0v) is 20.7. The van der Waals surface area contributed by atoms with Crippen molar-refractivity contribution in [2.24, 2.45) is 0 Å². The van der Waals surface area contributed by atoms with Gasteiger partial charge in [-0.15, -0.1) is 0 Å². The Kier molecular flexibility index (Phi) is 5.10. The molecule has 0 spiro atoms. The Morgan fingerprint density at radius 1 is 0.943 bits per heavy atom. The first-order valence-electron chi connectivity index (χ1n) is 12.3. The second-order valence-corrected chi connectivity index (χ2v) is 10.9. The molecule has 0 bridgehead atoms. The van der Waals surface area contributed by atoms with Crippen molar-refractivity contribution in [3.63, 3.8) is 0 Å². The van der Waals surface area contributed by atoms with E-state index in [1.165, 1.54) is 11.9 Å². The summed E-state index contributed by atoms with van der Waals surface area (Å²) in [7, 11) is 2.17. The Morgan fingerprint density at radius 3 is 2.31 bits per heavy atom. The van der Waals surface area contributed by atoms with Gasteiger partial charge in [0.05, 0.1) is 16.5 Å². The monoisotopic (exact) mass is 473 g/mol.